The first kappa shape index (κ1) is 17.9. The minimum atomic E-state index is -0.174. The van der Waals surface area contributed by atoms with Crippen LogP contribution >= 0.6 is 0 Å². The van der Waals surface area contributed by atoms with Crippen LogP contribution in [0, 0.1) is 0 Å². The van der Waals surface area contributed by atoms with Gasteiger partial charge in [0.1, 0.15) is 5.82 Å². The van der Waals surface area contributed by atoms with Crippen molar-refractivity contribution in [2.75, 3.05) is 13.1 Å². The van der Waals surface area contributed by atoms with E-state index in [2.05, 4.69) is 28.7 Å². The topological polar surface area (TPSA) is 82.2 Å². The molecule has 1 amide bonds. The number of nitrogens with one attached hydrogen (secondary N) is 1. The number of carbonyl (C=O) groups is 1. The zero-order valence-electron chi connectivity index (χ0n) is 15.8. The zero-order valence-corrected chi connectivity index (χ0v) is 15.8. The van der Waals surface area contributed by atoms with Crippen LogP contribution in [0.3, 0.4) is 0 Å². The monoisotopic (exact) mass is 367 g/mol. The van der Waals surface area contributed by atoms with Crippen LogP contribution in [0.4, 0.5) is 0 Å². The van der Waals surface area contributed by atoms with E-state index >= 15 is 0 Å². The van der Waals surface area contributed by atoms with Gasteiger partial charge in [-0.3, -0.25) is 19.5 Å². The Morgan fingerprint density at radius 3 is 2.78 bits per heavy atom. The zero-order chi connectivity index (χ0) is 19.0. The molecule has 0 unspecified atom stereocenters. The minimum absolute atomic E-state index is 0.0359. The number of aromatic nitrogens is 3. The molecule has 4 heterocycles. The number of hydrogen-bond acceptors (Lipinski definition) is 5. The fourth-order valence-electron chi connectivity index (χ4n) is 4.02. The van der Waals surface area contributed by atoms with Gasteiger partial charge in [-0.05, 0) is 38.8 Å². The Morgan fingerprint density at radius 2 is 2.04 bits per heavy atom. The van der Waals surface area contributed by atoms with Crippen molar-refractivity contribution in [3.8, 4) is 0 Å². The van der Waals surface area contributed by atoms with Crippen LogP contribution < -0.4 is 5.56 Å². The van der Waals surface area contributed by atoms with Crippen LogP contribution in [-0.2, 0) is 13.0 Å². The maximum absolute atomic E-state index is 12.9. The van der Waals surface area contributed by atoms with E-state index in [9.17, 15) is 9.59 Å². The standard InChI is InChI=1S/C20H25N5O2/c1-13(2)24-11-7-16-15(12-24)19(26)23-18(22-16)17-4-3-10-25(17)20(27)14-5-8-21-9-6-14/h5-6,8-9,13,17H,3-4,7,10-12H2,1-2H3,(H,22,23,26)/t17-/m0/s1. The quantitative estimate of drug-likeness (QED) is 0.896. The van der Waals surface area contributed by atoms with Crippen LogP contribution in [0.5, 0.6) is 0 Å². The highest BCUT2D eigenvalue weighted by molar-refractivity contribution is 5.94. The smallest absolute Gasteiger partial charge is 0.255 e. The largest absolute Gasteiger partial charge is 0.328 e. The molecule has 1 N–H and O–H groups in total. The first-order valence-electron chi connectivity index (χ1n) is 9.61. The number of amides is 1. The molecule has 4 rings (SSSR count). The molecule has 0 saturated carbocycles. The van der Waals surface area contributed by atoms with Crippen LogP contribution in [0.2, 0.25) is 0 Å². The maximum atomic E-state index is 12.9. The molecule has 0 bridgehead atoms. The van der Waals surface area contributed by atoms with Crippen molar-refractivity contribution in [2.45, 2.75) is 51.7 Å². The normalized spacial score (nSPS) is 20.1. The molecule has 0 radical (unpaired) electrons. The molecule has 142 valence electrons. The highest BCUT2D eigenvalue weighted by atomic mass is 16.2. The van der Waals surface area contributed by atoms with Crippen molar-refractivity contribution in [3.05, 3.63) is 57.5 Å². The molecule has 1 atom stereocenters. The Kier molecular flexibility index (Phi) is 4.78. The minimum Gasteiger partial charge on any atom is -0.328 e. The van der Waals surface area contributed by atoms with E-state index in [4.69, 9.17) is 4.98 Å². The number of rotatable bonds is 3. The molecule has 7 nitrogen and oxygen atoms in total. The summed E-state index contributed by atoms with van der Waals surface area (Å²) in [6.45, 7) is 6.50. The van der Waals surface area contributed by atoms with E-state index in [0.29, 0.717) is 30.5 Å². The number of nitrogens with zero attached hydrogens (tertiary/aromatic N) is 4. The lowest BCUT2D eigenvalue weighted by Gasteiger charge is -2.31. The van der Waals surface area contributed by atoms with E-state index < -0.39 is 0 Å². The average Bonchev–Trinajstić information content (AvgIpc) is 3.17. The number of aromatic amines is 1. The van der Waals surface area contributed by atoms with Crippen molar-refractivity contribution in [1.82, 2.24) is 24.8 Å². The number of H-pyrrole nitrogens is 1. The summed E-state index contributed by atoms with van der Waals surface area (Å²) in [5.74, 6) is 0.586. The third-order valence-electron chi connectivity index (χ3n) is 5.60. The van der Waals surface area contributed by atoms with E-state index in [-0.39, 0.29) is 17.5 Å². The molecule has 2 aliphatic rings. The Labute approximate surface area is 158 Å². The van der Waals surface area contributed by atoms with Gasteiger partial charge in [0.15, 0.2) is 0 Å². The van der Waals surface area contributed by atoms with Crippen molar-refractivity contribution in [3.63, 3.8) is 0 Å². The van der Waals surface area contributed by atoms with Crippen LogP contribution in [0.15, 0.2) is 29.3 Å². The molecule has 7 heteroatoms. The van der Waals surface area contributed by atoms with Gasteiger partial charge in [0.05, 0.1) is 17.3 Å². The SMILES string of the molecule is CC(C)N1CCc2nc([C@@H]3CCCN3C(=O)c3ccncc3)[nH]c(=O)c2C1. The summed E-state index contributed by atoms with van der Waals surface area (Å²) in [7, 11) is 0. The van der Waals surface area contributed by atoms with Gasteiger partial charge in [-0.15, -0.1) is 0 Å². The first-order chi connectivity index (χ1) is 13.0. The van der Waals surface area contributed by atoms with Gasteiger partial charge >= 0.3 is 0 Å². The third-order valence-corrected chi connectivity index (χ3v) is 5.60. The highest BCUT2D eigenvalue weighted by Crippen LogP contribution is 2.31. The summed E-state index contributed by atoms with van der Waals surface area (Å²) in [6.07, 6.45) is 5.74. The van der Waals surface area contributed by atoms with Gasteiger partial charge in [0.25, 0.3) is 11.5 Å². The molecule has 2 aromatic rings. The number of hydrogen-bond donors (Lipinski definition) is 1. The number of likely N-dealkylation sites (tertiary alicyclic amines) is 1. The Balaban J connectivity index is 1.63. The lowest BCUT2D eigenvalue weighted by molar-refractivity contribution is 0.0729. The summed E-state index contributed by atoms with van der Waals surface area (Å²) in [6, 6.07) is 3.68. The molecule has 27 heavy (non-hydrogen) atoms. The second-order valence-electron chi connectivity index (χ2n) is 7.58. The van der Waals surface area contributed by atoms with Crippen LogP contribution in [-0.4, -0.2) is 49.8 Å². The Hall–Kier alpha value is -2.54. The van der Waals surface area contributed by atoms with Crippen molar-refractivity contribution in [1.29, 1.82) is 0 Å². The van der Waals surface area contributed by atoms with Crippen molar-refractivity contribution in [2.24, 2.45) is 0 Å². The fraction of sp³-hybridized carbons (Fsp3) is 0.500. The third kappa shape index (κ3) is 3.39. The Morgan fingerprint density at radius 1 is 1.26 bits per heavy atom. The van der Waals surface area contributed by atoms with Crippen LogP contribution in [0.1, 0.15) is 60.2 Å². The fourth-order valence-corrected chi connectivity index (χ4v) is 4.02. The predicted molar refractivity (Wildman–Crippen MR) is 101 cm³/mol. The van der Waals surface area contributed by atoms with Gasteiger partial charge in [-0.2, -0.15) is 0 Å². The second-order valence-corrected chi connectivity index (χ2v) is 7.58. The molecule has 2 aliphatic heterocycles. The van der Waals surface area contributed by atoms with Gasteiger partial charge in [-0.25, -0.2) is 4.98 Å². The Bertz CT molecular complexity index is 893. The number of carbonyl (C=O) groups excluding carboxylic acids is 1. The highest BCUT2D eigenvalue weighted by Gasteiger charge is 2.33. The van der Waals surface area contributed by atoms with Crippen molar-refractivity contribution < 1.29 is 4.79 Å². The van der Waals surface area contributed by atoms with Crippen molar-refractivity contribution >= 4 is 5.91 Å². The molecular formula is C20H25N5O2. The molecule has 0 aliphatic carbocycles. The van der Waals surface area contributed by atoms with Crippen LogP contribution in [0.25, 0.3) is 0 Å². The molecule has 0 aromatic carbocycles. The lowest BCUT2D eigenvalue weighted by Crippen LogP contribution is -2.40. The molecule has 1 saturated heterocycles. The molecular weight excluding hydrogens is 342 g/mol. The molecule has 1 fully saturated rings. The van der Waals surface area contributed by atoms with E-state index in [1.54, 1.807) is 24.5 Å². The first-order valence-corrected chi connectivity index (χ1v) is 9.61. The van der Waals surface area contributed by atoms with E-state index in [1.165, 1.54) is 0 Å². The maximum Gasteiger partial charge on any atom is 0.255 e. The summed E-state index contributed by atoms with van der Waals surface area (Å²) in [4.78, 5) is 41.5. The van der Waals surface area contributed by atoms with Gasteiger partial charge < -0.3 is 9.88 Å². The molecule has 2 aromatic heterocycles. The summed E-state index contributed by atoms with van der Waals surface area (Å²) in [5.41, 5.74) is 2.20. The van der Waals surface area contributed by atoms with Gasteiger partial charge in [-0.1, -0.05) is 0 Å². The average molecular weight is 367 g/mol. The summed E-state index contributed by atoms with van der Waals surface area (Å²) in [5, 5.41) is 0. The van der Waals surface area contributed by atoms with Gasteiger partial charge in [0.2, 0.25) is 0 Å². The summed E-state index contributed by atoms with van der Waals surface area (Å²) >= 11 is 0. The molecule has 0 spiro atoms. The number of pyridine rings is 1. The summed E-state index contributed by atoms with van der Waals surface area (Å²) < 4.78 is 0. The predicted octanol–water partition coefficient (Wildman–Crippen LogP) is 1.91. The lowest BCUT2D eigenvalue weighted by atomic mass is 10.0. The van der Waals surface area contributed by atoms with E-state index in [0.717, 1.165) is 37.1 Å². The number of fused-ring (bicyclic) bond motifs is 1. The van der Waals surface area contributed by atoms with Gasteiger partial charge in [0, 0.05) is 50.1 Å². The second kappa shape index (κ2) is 7.23. The van der Waals surface area contributed by atoms with E-state index in [1.807, 2.05) is 4.90 Å².